The number of aryl methyl sites for hydroxylation is 1. The summed E-state index contributed by atoms with van der Waals surface area (Å²) in [5, 5.41) is 3.30. The number of hydrogen-bond donors (Lipinski definition) is 4. The van der Waals surface area contributed by atoms with Gasteiger partial charge in [0, 0.05) is 17.1 Å². The molecule has 7 nitrogen and oxygen atoms in total. The number of hydrogen-bond acceptors (Lipinski definition) is 4. The maximum absolute atomic E-state index is 12.7. The molecule has 1 amide bonds. The van der Waals surface area contributed by atoms with Crippen LogP contribution in [0, 0.1) is 6.92 Å². The van der Waals surface area contributed by atoms with E-state index in [4.69, 9.17) is 12.2 Å². The van der Waals surface area contributed by atoms with E-state index >= 15 is 0 Å². The van der Waals surface area contributed by atoms with Crippen LogP contribution in [0.1, 0.15) is 68.8 Å². The molecule has 2 rings (SSSR count). The minimum atomic E-state index is -3.68. The smallest absolute Gasteiger partial charge is 0.269 e. The van der Waals surface area contributed by atoms with Crippen molar-refractivity contribution in [1.29, 1.82) is 0 Å². The van der Waals surface area contributed by atoms with E-state index in [1.54, 1.807) is 13.0 Å². The van der Waals surface area contributed by atoms with Gasteiger partial charge in [0.05, 0.1) is 4.90 Å². The zero-order valence-corrected chi connectivity index (χ0v) is 18.5. The highest BCUT2D eigenvalue weighted by Crippen LogP contribution is 2.21. The average molecular weight is 427 g/mol. The number of hydrazine groups is 1. The van der Waals surface area contributed by atoms with Crippen molar-refractivity contribution in [1.82, 2.24) is 20.9 Å². The van der Waals surface area contributed by atoms with Gasteiger partial charge in [-0.2, -0.15) is 0 Å². The summed E-state index contributed by atoms with van der Waals surface area (Å²) >= 11 is 5.14. The Bertz CT molecular complexity index is 826. The lowest BCUT2D eigenvalue weighted by atomic mass is 9.96. The number of thiocarbonyl (C=S) groups is 1. The molecule has 1 fully saturated rings. The normalized spacial score (nSPS) is 15.7. The second-order valence-corrected chi connectivity index (χ2v) is 10.3. The van der Waals surface area contributed by atoms with Crippen molar-refractivity contribution in [3.63, 3.8) is 0 Å². The first-order chi connectivity index (χ1) is 13.0. The highest BCUT2D eigenvalue weighted by atomic mass is 32.2. The van der Waals surface area contributed by atoms with Crippen LogP contribution in [-0.4, -0.2) is 31.0 Å². The predicted molar refractivity (Wildman–Crippen MR) is 114 cm³/mol. The van der Waals surface area contributed by atoms with Gasteiger partial charge in [0.15, 0.2) is 5.11 Å². The number of carbonyl (C=O) groups excluding carboxylic acids is 1. The second-order valence-electron chi connectivity index (χ2n) is 8.22. The molecule has 1 aliphatic rings. The molecule has 0 spiro atoms. The molecule has 4 N–H and O–H groups in total. The van der Waals surface area contributed by atoms with Crippen LogP contribution < -0.4 is 20.9 Å². The lowest BCUT2D eigenvalue weighted by Gasteiger charge is -2.23. The van der Waals surface area contributed by atoms with Crippen molar-refractivity contribution < 1.29 is 13.2 Å². The molecule has 1 aromatic carbocycles. The zero-order chi connectivity index (χ0) is 20.9. The Balaban J connectivity index is 2.09. The fraction of sp³-hybridized carbons (Fsp3) is 0.579. The molecule has 9 heteroatoms. The summed E-state index contributed by atoms with van der Waals surface area (Å²) in [7, 11) is -3.68. The summed E-state index contributed by atoms with van der Waals surface area (Å²) in [6.07, 6.45) is 4.90. The molecule has 0 atom stereocenters. The van der Waals surface area contributed by atoms with Gasteiger partial charge in [0.2, 0.25) is 10.0 Å². The summed E-state index contributed by atoms with van der Waals surface area (Å²) in [6, 6.07) is 4.52. The van der Waals surface area contributed by atoms with E-state index < -0.39 is 15.9 Å². The Hall–Kier alpha value is -1.71. The molecule has 0 saturated heterocycles. The highest BCUT2D eigenvalue weighted by molar-refractivity contribution is 7.89. The average Bonchev–Trinajstić information content (AvgIpc) is 2.59. The minimum Gasteiger partial charge on any atom is -0.357 e. The van der Waals surface area contributed by atoms with E-state index in [1.165, 1.54) is 12.1 Å². The van der Waals surface area contributed by atoms with Gasteiger partial charge in [-0.1, -0.05) is 25.3 Å². The van der Waals surface area contributed by atoms with Crippen molar-refractivity contribution in [2.24, 2.45) is 0 Å². The van der Waals surface area contributed by atoms with Gasteiger partial charge < -0.3 is 5.32 Å². The van der Waals surface area contributed by atoms with E-state index in [9.17, 15) is 13.2 Å². The molecule has 1 aliphatic carbocycles. The monoisotopic (exact) mass is 426 g/mol. The van der Waals surface area contributed by atoms with Crippen molar-refractivity contribution in [2.75, 3.05) is 0 Å². The molecule has 0 heterocycles. The minimum absolute atomic E-state index is 0.0418. The predicted octanol–water partition coefficient (Wildman–Crippen LogP) is 2.51. The standard InChI is InChI=1S/C19H30N4O3S2/c1-13-10-11-15(28(25,26)23-14-8-6-5-7-9-14)12-16(13)17(24)21-22-18(27)20-19(2,3)4/h10-12,14,23H,5-9H2,1-4H3,(H,21,24)(H2,20,22,27). The molecule has 0 unspecified atom stereocenters. The number of amides is 1. The van der Waals surface area contributed by atoms with Crippen molar-refractivity contribution in [3.8, 4) is 0 Å². The Morgan fingerprint density at radius 3 is 2.36 bits per heavy atom. The summed E-state index contributed by atoms with van der Waals surface area (Å²) in [5.41, 5.74) is 5.86. The maximum atomic E-state index is 12.7. The molecule has 0 radical (unpaired) electrons. The molecular formula is C19H30N4O3S2. The molecule has 1 aromatic rings. The number of sulfonamides is 1. The van der Waals surface area contributed by atoms with Crippen LogP contribution in [0.4, 0.5) is 0 Å². The maximum Gasteiger partial charge on any atom is 0.269 e. The zero-order valence-electron chi connectivity index (χ0n) is 16.9. The van der Waals surface area contributed by atoms with E-state index in [1.807, 2.05) is 20.8 Å². The first kappa shape index (κ1) is 22.6. The van der Waals surface area contributed by atoms with Gasteiger partial charge in [0.1, 0.15) is 0 Å². The molecule has 0 aliphatic heterocycles. The van der Waals surface area contributed by atoms with Crippen LogP contribution in [0.5, 0.6) is 0 Å². The van der Waals surface area contributed by atoms with E-state index in [2.05, 4.69) is 20.9 Å². The van der Waals surface area contributed by atoms with Crippen LogP contribution in [0.25, 0.3) is 0 Å². The number of benzene rings is 1. The fourth-order valence-electron chi connectivity index (χ4n) is 3.07. The third-order valence-corrected chi connectivity index (χ3v) is 6.19. The van der Waals surface area contributed by atoms with E-state index in [0.717, 1.165) is 32.1 Å². The van der Waals surface area contributed by atoms with Gasteiger partial charge in [0.25, 0.3) is 5.91 Å². The van der Waals surface area contributed by atoms with Crippen LogP contribution in [0.15, 0.2) is 23.1 Å². The first-order valence-corrected chi connectivity index (χ1v) is 11.4. The highest BCUT2D eigenvalue weighted by Gasteiger charge is 2.23. The molecule has 0 aromatic heterocycles. The second kappa shape index (κ2) is 9.19. The first-order valence-electron chi connectivity index (χ1n) is 9.49. The van der Waals surface area contributed by atoms with Crippen LogP contribution in [0.2, 0.25) is 0 Å². The van der Waals surface area contributed by atoms with Crippen molar-refractivity contribution >= 4 is 33.3 Å². The third-order valence-electron chi connectivity index (χ3n) is 4.47. The van der Waals surface area contributed by atoms with E-state index in [-0.39, 0.29) is 27.2 Å². The Kier molecular flexibility index (Phi) is 7.41. The Labute approximate surface area is 173 Å². The fourth-order valence-corrected chi connectivity index (χ4v) is 4.76. The van der Waals surface area contributed by atoms with Crippen molar-refractivity contribution in [3.05, 3.63) is 29.3 Å². The van der Waals surface area contributed by atoms with Gasteiger partial charge in [-0.05, 0) is 70.5 Å². The van der Waals surface area contributed by atoms with E-state index in [0.29, 0.717) is 5.56 Å². The van der Waals surface area contributed by atoms with Gasteiger partial charge in [-0.3, -0.25) is 15.6 Å². The van der Waals surface area contributed by atoms with Gasteiger partial charge in [-0.15, -0.1) is 0 Å². The molecule has 0 bridgehead atoms. The Morgan fingerprint density at radius 1 is 1.11 bits per heavy atom. The SMILES string of the molecule is Cc1ccc(S(=O)(=O)NC2CCCCC2)cc1C(=O)NNC(=S)NC(C)(C)C. The topological polar surface area (TPSA) is 99.3 Å². The lowest BCUT2D eigenvalue weighted by molar-refractivity contribution is 0.0942. The van der Waals surface area contributed by atoms with Gasteiger partial charge in [-0.25, -0.2) is 13.1 Å². The molecule has 28 heavy (non-hydrogen) atoms. The quantitative estimate of drug-likeness (QED) is 0.436. The summed E-state index contributed by atoms with van der Waals surface area (Å²) in [6.45, 7) is 7.59. The number of carbonyl (C=O) groups is 1. The lowest BCUT2D eigenvalue weighted by Crippen LogP contribution is -2.52. The van der Waals surface area contributed by atoms with Crippen molar-refractivity contribution in [2.45, 2.75) is 76.3 Å². The Morgan fingerprint density at radius 2 is 1.75 bits per heavy atom. The van der Waals surface area contributed by atoms with Gasteiger partial charge >= 0.3 is 0 Å². The largest absolute Gasteiger partial charge is 0.357 e. The van der Waals surface area contributed by atoms with Crippen LogP contribution >= 0.6 is 12.2 Å². The number of nitrogens with one attached hydrogen (secondary N) is 4. The molecule has 1 saturated carbocycles. The molecule has 156 valence electrons. The summed E-state index contributed by atoms with van der Waals surface area (Å²) < 4.78 is 28.2. The third kappa shape index (κ3) is 6.72. The van der Waals surface area contributed by atoms with Crippen LogP contribution in [0.3, 0.4) is 0 Å². The summed E-state index contributed by atoms with van der Waals surface area (Å²) in [4.78, 5) is 12.6. The van der Waals surface area contributed by atoms with Crippen LogP contribution in [-0.2, 0) is 10.0 Å². The summed E-state index contributed by atoms with van der Waals surface area (Å²) in [5.74, 6) is -0.453. The molecular weight excluding hydrogens is 396 g/mol. The number of rotatable bonds is 4.